The Balaban J connectivity index is 3.39. The molecule has 0 aromatic carbocycles. The highest BCUT2D eigenvalue weighted by molar-refractivity contribution is 5.82. The highest BCUT2D eigenvalue weighted by Crippen LogP contribution is 1.85. The zero-order chi connectivity index (χ0) is 8.69. The third kappa shape index (κ3) is 6.57. The number of esters is 1. The average Bonchev–Trinajstić information content (AvgIpc) is 1.87. The SMILES string of the molecule is CC=CC(=O)OCCC(=O)O. The van der Waals surface area contributed by atoms with E-state index in [-0.39, 0.29) is 13.0 Å². The Labute approximate surface area is 64.5 Å². The third-order valence-corrected chi connectivity index (χ3v) is 0.863. The molecule has 0 heterocycles. The topological polar surface area (TPSA) is 63.6 Å². The fourth-order valence-corrected chi connectivity index (χ4v) is 0.423. The van der Waals surface area contributed by atoms with Crippen LogP contribution in [0.5, 0.6) is 0 Å². The van der Waals surface area contributed by atoms with Gasteiger partial charge in [0.05, 0.1) is 6.42 Å². The zero-order valence-corrected chi connectivity index (χ0v) is 6.24. The lowest BCUT2D eigenvalue weighted by atomic mass is 10.5. The largest absolute Gasteiger partial charge is 0.481 e. The number of carbonyl (C=O) groups excluding carboxylic acids is 1. The standard InChI is InChI=1S/C7H10O4/c1-2-3-7(10)11-5-4-6(8)9/h2-3H,4-5H2,1H3,(H,8,9). The van der Waals surface area contributed by atoms with E-state index < -0.39 is 11.9 Å². The van der Waals surface area contributed by atoms with Crippen LogP contribution in [0, 0.1) is 0 Å². The quantitative estimate of drug-likeness (QED) is 0.480. The monoisotopic (exact) mass is 158 g/mol. The Morgan fingerprint density at radius 1 is 1.55 bits per heavy atom. The van der Waals surface area contributed by atoms with Gasteiger partial charge in [0.2, 0.25) is 0 Å². The van der Waals surface area contributed by atoms with Crippen molar-refractivity contribution in [3.05, 3.63) is 12.2 Å². The van der Waals surface area contributed by atoms with Gasteiger partial charge in [0, 0.05) is 6.08 Å². The normalized spacial score (nSPS) is 9.91. The van der Waals surface area contributed by atoms with E-state index >= 15 is 0 Å². The number of allylic oxidation sites excluding steroid dienone is 1. The molecule has 0 aromatic rings. The molecule has 0 atom stereocenters. The summed E-state index contributed by atoms with van der Waals surface area (Å²) in [4.78, 5) is 20.5. The van der Waals surface area contributed by atoms with Crippen molar-refractivity contribution in [1.82, 2.24) is 0 Å². The highest BCUT2D eigenvalue weighted by Gasteiger charge is 1.99. The molecule has 11 heavy (non-hydrogen) atoms. The molecule has 0 fully saturated rings. The average molecular weight is 158 g/mol. The molecule has 0 spiro atoms. The summed E-state index contributed by atoms with van der Waals surface area (Å²) in [6, 6.07) is 0. The third-order valence-electron chi connectivity index (χ3n) is 0.863. The molecule has 1 N–H and O–H groups in total. The second-order valence-corrected chi connectivity index (χ2v) is 1.81. The van der Waals surface area contributed by atoms with Crippen molar-refractivity contribution in [2.45, 2.75) is 13.3 Å². The molecule has 0 saturated carbocycles. The van der Waals surface area contributed by atoms with Gasteiger partial charge in [-0.15, -0.1) is 0 Å². The predicted molar refractivity (Wildman–Crippen MR) is 38.0 cm³/mol. The van der Waals surface area contributed by atoms with E-state index in [1.165, 1.54) is 12.2 Å². The summed E-state index contributed by atoms with van der Waals surface area (Å²) in [5, 5.41) is 8.15. The molecule has 0 rings (SSSR count). The lowest BCUT2D eigenvalue weighted by molar-refractivity contribution is -0.142. The van der Waals surface area contributed by atoms with Crippen molar-refractivity contribution in [3.8, 4) is 0 Å². The van der Waals surface area contributed by atoms with Crippen LogP contribution >= 0.6 is 0 Å². The summed E-state index contributed by atoms with van der Waals surface area (Å²) in [6.45, 7) is 1.61. The first kappa shape index (κ1) is 9.68. The van der Waals surface area contributed by atoms with Crippen molar-refractivity contribution in [2.75, 3.05) is 6.61 Å². The molecule has 0 amide bonds. The van der Waals surface area contributed by atoms with Crippen LogP contribution in [0.1, 0.15) is 13.3 Å². The number of carboxylic acids is 1. The first-order chi connectivity index (χ1) is 5.16. The van der Waals surface area contributed by atoms with E-state index in [1.807, 2.05) is 0 Å². The fraction of sp³-hybridized carbons (Fsp3) is 0.429. The van der Waals surface area contributed by atoms with E-state index in [9.17, 15) is 9.59 Å². The summed E-state index contributed by atoms with van der Waals surface area (Å²) in [5.41, 5.74) is 0. The van der Waals surface area contributed by atoms with Crippen LogP contribution in [0.3, 0.4) is 0 Å². The summed E-state index contributed by atoms with van der Waals surface area (Å²) in [6.07, 6.45) is 2.62. The van der Waals surface area contributed by atoms with Crippen LogP contribution in [0.4, 0.5) is 0 Å². The molecule has 0 aliphatic rings. The lowest BCUT2D eigenvalue weighted by Gasteiger charge is -1.96. The molecule has 0 saturated heterocycles. The molecular weight excluding hydrogens is 148 g/mol. The van der Waals surface area contributed by atoms with Gasteiger partial charge in [0.15, 0.2) is 0 Å². The van der Waals surface area contributed by atoms with E-state index in [0.717, 1.165) is 0 Å². The van der Waals surface area contributed by atoms with Crippen molar-refractivity contribution >= 4 is 11.9 Å². The number of hydrogen-bond donors (Lipinski definition) is 1. The van der Waals surface area contributed by atoms with Gasteiger partial charge >= 0.3 is 11.9 Å². The molecule has 62 valence electrons. The van der Waals surface area contributed by atoms with Gasteiger partial charge in [0.25, 0.3) is 0 Å². The predicted octanol–water partition coefficient (Wildman–Crippen LogP) is 0.580. The van der Waals surface area contributed by atoms with Crippen LogP contribution in [0.25, 0.3) is 0 Å². The van der Waals surface area contributed by atoms with Crippen molar-refractivity contribution in [1.29, 1.82) is 0 Å². The van der Waals surface area contributed by atoms with Gasteiger partial charge in [-0.2, -0.15) is 0 Å². The zero-order valence-electron chi connectivity index (χ0n) is 6.24. The van der Waals surface area contributed by atoms with Gasteiger partial charge in [-0.3, -0.25) is 4.79 Å². The van der Waals surface area contributed by atoms with Crippen LogP contribution in [-0.2, 0) is 14.3 Å². The molecule has 4 nitrogen and oxygen atoms in total. The first-order valence-corrected chi connectivity index (χ1v) is 3.18. The van der Waals surface area contributed by atoms with Crippen LogP contribution < -0.4 is 0 Å². The van der Waals surface area contributed by atoms with Crippen molar-refractivity contribution < 1.29 is 19.4 Å². The Morgan fingerprint density at radius 3 is 2.64 bits per heavy atom. The molecule has 0 aliphatic carbocycles. The minimum absolute atomic E-state index is 0.0709. The molecule has 0 radical (unpaired) electrons. The number of rotatable bonds is 4. The van der Waals surface area contributed by atoms with E-state index in [1.54, 1.807) is 6.92 Å². The molecule has 0 unspecified atom stereocenters. The number of carboxylic acid groups (broad SMARTS) is 1. The number of aliphatic carboxylic acids is 1. The van der Waals surface area contributed by atoms with E-state index in [2.05, 4.69) is 4.74 Å². The summed E-state index contributed by atoms with van der Waals surface area (Å²) in [7, 11) is 0. The molecule has 4 heteroatoms. The maximum Gasteiger partial charge on any atom is 0.330 e. The smallest absolute Gasteiger partial charge is 0.330 e. The molecule has 0 aromatic heterocycles. The van der Waals surface area contributed by atoms with Gasteiger partial charge in [-0.25, -0.2) is 4.79 Å². The summed E-state index contributed by atoms with van der Waals surface area (Å²) in [5.74, 6) is -1.48. The maximum absolute atomic E-state index is 10.5. The fourth-order valence-electron chi connectivity index (χ4n) is 0.423. The highest BCUT2D eigenvalue weighted by atomic mass is 16.5. The number of hydrogen-bond acceptors (Lipinski definition) is 3. The van der Waals surface area contributed by atoms with Crippen LogP contribution in [-0.4, -0.2) is 23.7 Å². The Morgan fingerprint density at radius 2 is 2.18 bits per heavy atom. The van der Waals surface area contributed by atoms with E-state index in [0.29, 0.717) is 0 Å². The van der Waals surface area contributed by atoms with Crippen molar-refractivity contribution in [2.24, 2.45) is 0 Å². The Kier molecular flexibility index (Phi) is 4.81. The number of ether oxygens (including phenoxy) is 1. The van der Waals surface area contributed by atoms with Gasteiger partial charge in [0.1, 0.15) is 6.61 Å². The van der Waals surface area contributed by atoms with Crippen LogP contribution in [0.15, 0.2) is 12.2 Å². The number of carbonyl (C=O) groups is 2. The van der Waals surface area contributed by atoms with Gasteiger partial charge < -0.3 is 9.84 Å². The molecule has 0 bridgehead atoms. The second-order valence-electron chi connectivity index (χ2n) is 1.81. The van der Waals surface area contributed by atoms with Gasteiger partial charge in [-0.1, -0.05) is 6.08 Å². The minimum atomic E-state index is -0.974. The second kappa shape index (κ2) is 5.46. The Bertz CT molecular complexity index is 171. The Hall–Kier alpha value is -1.32. The summed E-state index contributed by atoms with van der Waals surface area (Å²) < 4.78 is 4.49. The minimum Gasteiger partial charge on any atom is -0.481 e. The lowest BCUT2D eigenvalue weighted by Crippen LogP contribution is -2.06. The van der Waals surface area contributed by atoms with E-state index in [4.69, 9.17) is 5.11 Å². The maximum atomic E-state index is 10.5. The summed E-state index contributed by atoms with van der Waals surface area (Å²) >= 11 is 0. The molecule has 0 aliphatic heterocycles. The van der Waals surface area contributed by atoms with Crippen LogP contribution in [0.2, 0.25) is 0 Å². The first-order valence-electron chi connectivity index (χ1n) is 3.18. The van der Waals surface area contributed by atoms with Gasteiger partial charge in [-0.05, 0) is 6.92 Å². The van der Waals surface area contributed by atoms with Crippen molar-refractivity contribution in [3.63, 3.8) is 0 Å². The molecular formula is C7H10O4.